The molecule has 0 saturated carbocycles. The van der Waals surface area contributed by atoms with Crippen molar-refractivity contribution in [1.82, 2.24) is 5.32 Å². The molecule has 2 aromatic rings. The third-order valence-electron chi connectivity index (χ3n) is 3.18. The second-order valence-corrected chi connectivity index (χ2v) is 4.96. The molecule has 1 aromatic carbocycles. The summed E-state index contributed by atoms with van der Waals surface area (Å²) in [5.41, 5.74) is 0.696. The summed E-state index contributed by atoms with van der Waals surface area (Å²) in [5.74, 6) is -0.975. The van der Waals surface area contributed by atoms with Gasteiger partial charge in [0.2, 0.25) is 0 Å². The highest BCUT2D eigenvalue weighted by Gasteiger charge is 2.15. The Morgan fingerprint density at radius 1 is 1.29 bits per heavy atom. The van der Waals surface area contributed by atoms with E-state index in [0.29, 0.717) is 5.76 Å². The van der Waals surface area contributed by atoms with E-state index < -0.39 is 18.5 Å². The van der Waals surface area contributed by atoms with Crippen LogP contribution in [0.15, 0.2) is 58.7 Å². The van der Waals surface area contributed by atoms with E-state index in [9.17, 15) is 9.59 Å². The Bertz CT molecular complexity index is 758. The summed E-state index contributed by atoms with van der Waals surface area (Å²) in [6.45, 7) is 1.36. The molecule has 6 nitrogen and oxygen atoms in total. The van der Waals surface area contributed by atoms with Gasteiger partial charge in [0.15, 0.2) is 6.61 Å². The van der Waals surface area contributed by atoms with E-state index in [1.54, 1.807) is 18.2 Å². The van der Waals surface area contributed by atoms with E-state index in [2.05, 4.69) is 5.32 Å². The number of hydrogen-bond acceptors (Lipinski definition) is 5. The van der Waals surface area contributed by atoms with Crippen molar-refractivity contribution in [3.8, 4) is 6.07 Å². The van der Waals surface area contributed by atoms with E-state index in [0.717, 1.165) is 5.56 Å². The molecule has 1 amide bonds. The maximum Gasteiger partial charge on any atom is 0.349 e. The van der Waals surface area contributed by atoms with Crippen molar-refractivity contribution in [2.24, 2.45) is 0 Å². The van der Waals surface area contributed by atoms with Crippen molar-refractivity contribution in [3.05, 3.63) is 65.6 Å². The Morgan fingerprint density at radius 3 is 2.67 bits per heavy atom. The standard InChI is InChI=1S/C18H16N2O4/c1-13(14-6-3-2-4-7-14)20-17(21)12-24-18(22)15(11-19)10-16-8-5-9-23-16/h2-10,13H,12H2,1H3,(H,20,21)/b15-10+/t13-/m1/s1. The van der Waals surface area contributed by atoms with E-state index in [4.69, 9.17) is 14.4 Å². The molecule has 0 spiro atoms. The van der Waals surface area contributed by atoms with Crippen LogP contribution in [-0.2, 0) is 14.3 Å². The Morgan fingerprint density at radius 2 is 2.04 bits per heavy atom. The van der Waals surface area contributed by atoms with E-state index in [1.165, 1.54) is 12.3 Å². The molecule has 1 atom stereocenters. The lowest BCUT2D eigenvalue weighted by Crippen LogP contribution is -2.31. The minimum atomic E-state index is -0.878. The molecule has 0 aliphatic heterocycles. The number of nitrogens with zero attached hydrogens (tertiary/aromatic N) is 1. The van der Waals surface area contributed by atoms with Crippen molar-refractivity contribution >= 4 is 18.0 Å². The molecule has 1 N–H and O–H groups in total. The van der Waals surface area contributed by atoms with Crippen molar-refractivity contribution in [3.63, 3.8) is 0 Å². The van der Waals surface area contributed by atoms with Crippen LogP contribution in [-0.4, -0.2) is 18.5 Å². The van der Waals surface area contributed by atoms with Crippen molar-refractivity contribution in [2.75, 3.05) is 6.61 Å². The predicted octanol–water partition coefficient (Wildman–Crippen LogP) is 2.61. The fraction of sp³-hybridized carbons (Fsp3) is 0.167. The quantitative estimate of drug-likeness (QED) is 0.501. The minimum absolute atomic E-state index is 0.216. The molecule has 1 heterocycles. The number of hydrogen-bond donors (Lipinski definition) is 1. The highest BCUT2D eigenvalue weighted by molar-refractivity contribution is 5.98. The Kier molecular flexibility index (Phi) is 5.92. The zero-order chi connectivity index (χ0) is 17.4. The summed E-state index contributed by atoms with van der Waals surface area (Å²) in [7, 11) is 0. The van der Waals surface area contributed by atoms with Crippen LogP contribution < -0.4 is 5.32 Å². The second-order valence-electron chi connectivity index (χ2n) is 4.96. The molecule has 0 saturated heterocycles. The first-order chi connectivity index (χ1) is 11.6. The monoisotopic (exact) mass is 324 g/mol. The van der Waals surface area contributed by atoms with Gasteiger partial charge in [-0.05, 0) is 24.6 Å². The molecule has 0 aliphatic carbocycles. The maximum atomic E-state index is 11.8. The SMILES string of the molecule is C[C@@H](NC(=O)COC(=O)/C(C#N)=C/c1ccco1)c1ccccc1. The summed E-state index contributed by atoms with van der Waals surface area (Å²) < 4.78 is 9.89. The van der Waals surface area contributed by atoms with Crippen LogP contribution >= 0.6 is 0 Å². The first-order valence-corrected chi connectivity index (χ1v) is 7.27. The molecule has 6 heteroatoms. The maximum absolute atomic E-state index is 11.8. The van der Waals surface area contributed by atoms with Crippen LogP contribution in [0.25, 0.3) is 6.08 Å². The van der Waals surface area contributed by atoms with Gasteiger partial charge in [-0.2, -0.15) is 5.26 Å². The number of rotatable bonds is 6. The average Bonchev–Trinajstić information content (AvgIpc) is 3.11. The second kappa shape index (κ2) is 8.34. The fourth-order valence-electron chi connectivity index (χ4n) is 1.97. The average molecular weight is 324 g/mol. The Hall–Kier alpha value is -3.33. The van der Waals surface area contributed by atoms with E-state index >= 15 is 0 Å². The molecular weight excluding hydrogens is 308 g/mol. The highest BCUT2D eigenvalue weighted by atomic mass is 16.5. The van der Waals surface area contributed by atoms with Gasteiger partial charge in [-0.25, -0.2) is 4.79 Å². The topological polar surface area (TPSA) is 92.3 Å². The summed E-state index contributed by atoms with van der Waals surface area (Å²) in [6, 6.07) is 14.1. The lowest BCUT2D eigenvalue weighted by atomic mass is 10.1. The predicted molar refractivity (Wildman–Crippen MR) is 86.3 cm³/mol. The van der Waals surface area contributed by atoms with Gasteiger partial charge in [-0.1, -0.05) is 30.3 Å². The fourth-order valence-corrected chi connectivity index (χ4v) is 1.97. The number of carbonyl (C=O) groups is 2. The first-order valence-electron chi connectivity index (χ1n) is 7.27. The van der Waals surface area contributed by atoms with Gasteiger partial charge in [0.1, 0.15) is 17.4 Å². The summed E-state index contributed by atoms with van der Waals surface area (Å²) in [4.78, 5) is 23.7. The lowest BCUT2D eigenvalue weighted by Gasteiger charge is -2.14. The Labute approximate surface area is 139 Å². The summed E-state index contributed by atoms with van der Waals surface area (Å²) in [5, 5.41) is 11.7. The lowest BCUT2D eigenvalue weighted by molar-refractivity contribution is -0.144. The molecule has 0 fully saturated rings. The molecule has 2 rings (SSSR count). The number of nitriles is 1. The number of benzene rings is 1. The number of ether oxygens (including phenoxy) is 1. The van der Waals surface area contributed by atoms with Crippen LogP contribution in [0.4, 0.5) is 0 Å². The van der Waals surface area contributed by atoms with Crippen molar-refractivity contribution in [2.45, 2.75) is 13.0 Å². The normalized spacial score (nSPS) is 12.1. The molecule has 122 valence electrons. The molecule has 0 unspecified atom stereocenters. The third kappa shape index (κ3) is 4.85. The zero-order valence-electron chi connectivity index (χ0n) is 13.1. The Balaban J connectivity index is 1.87. The van der Waals surface area contributed by atoms with Gasteiger partial charge in [0.25, 0.3) is 5.91 Å². The van der Waals surface area contributed by atoms with Crippen LogP contribution in [0, 0.1) is 11.3 Å². The van der Waals surface area contributed by atoms with Crippen molar-refractivity contribution in [1.29, 1.82) is 5.26 Å². The summed E-state index contributed by atoms with van der Waals surface area (Å²) >= 11 is 0. The van der Waals surface area contributed by atoms with Crippen LogP contribution in [0.2, 0.25) is 0 Å². The van der Waals surface area contributed by atoms with Gasteiger partial charge in [0.05, 0.1) is 12.3 Å². The van der Waals surface area contributed by atoms with Crippen molar-refractivity contribution < 1.29 is 18.7 Å². The van der Waals surface area contributed by atoms with Crippen LogP contribution in [0.1, 0.15) is 24.3 Å². The zero-order valence-corrected chi connectivity index (χ0v) is 13.1. The molecule has 0 radical (unpaired) electrons. The largest absolute Gasteiger partial charge is 0.465 e. The molecule has 0 bridgehead atoms. The van der Waals surface area contributed by atoms with E-state index in [1.807, 2.05) is 37.3 Å². The van der Waals surface area contributed by atoms with Gasteiger partial charge >= 0.3 is 5.97 Å². The molecule has 1 aromatic heterocycles. The molecule has 24 heavy (non-hydrogen) atoms. The highest BCUT2D eigenvalue weighted by Crippen LogP contribution is 2.11. The van der Waals surface area contributed by atoms with Gasteiger partial charge in [0, 0.05) is 6.08 Å². The number of esters is 1. The van der Waals surface area contributed by atoms with Gasteiger partial charge in [-0.3, -0.25) is 4.79 Å². The third-order valence-corrected chi connectivity index (χ3v) is 3.18. The van der Waals surface area contributed by atoms with E-state index in [-0.39, 0.29) is 11.6 Å². The number of carbonyl (C=O) groups excluding carboxylic acids is 2. The smallest absolute Gasteiger partial charge is 0.349 e. The number of furan rings is 1. The molecule has 0 aliphatic rings. The number of nitrogens with one attached hydrogen (secondary N) is 1. The van der Waals surface area contributed by atoms with Gasteiger partial charge in [-0.15, -0.1) is 0 Å². The number of amides is 1. The van der Waals surface area contributed by atoms with Crippen LogP contribution in [0.5, 0.6) is 0 Å². The summed E-state index contributed by atoms with van der Waals surface area (Å²) in [6.07, 6.45) is 2.68. The van der Waals surface area contributed by atoms with Crippen LogP contribution in [0.3, 0.4) is 0 Å². The van der Waals surface area contributed by atoms with Gasteiger partial charge < -0.3 is 14.5 Å². The molecular formula is C18H16N2O4. The first kappa shape index (κ1) is 17.0. The minimum Gasteiger partial charge on any atom is -0.465 e.